The van der Waals surface area contributed by atoms with E-state index in [4.69, 9.17) is 4.74 Å². The highest BCUT2D eigenvalue weighted by molar-refractivity contribution is 6.04. The monoisotopic (exact) mass is 325 g/mol. The summed E-state index contributed by atoms with van der Waals surface area (Å²) in [6.07, 6.45) is 2.00. The molecule has 124 valence electrons. The zero-order valence-corrected chi connectivity index (χ0v) is 13.6. The summed E-state index contributed by atoms with van der Waals surface area (Å²) in [5.41, 5.74) is 1.99. The smallest absolute Gasteiger partial charge is 0.274 e. The van der Waals surface area contributed by atoms with E-state index in [1.165, 1.54) is 0 Å². The highest BCUT2D eigenvalue weighted by atomic mass is 16.5. The van der Waals surface area contributed by atoms with Crippen molar-refractivity contribution in [3.8, 4) is 5.75 Å². The minimum absolute atomic E-state index is 0.182. The van der Waals surface area contributed by atoms with Crippen molar-refractivity contribution >= 4 is 17.5 Å². The molecule has 1 aromatic carbocycles. The number of methoxy groups -OCH3 is 1. The minimum Gasteiger partial charge on any atom is -0.495 e. The Hall–Kier alpha value is -2.89. The lowest BCUT2D eigenvalue weighted by molar-refractivity contribution is 0.0946. The van der Waals surface area contributed by atoms with E-state index in [0.717, 1.165) is 18.4 Å². The number of ether oxygens (including phenoxy) is 1. The molecule has 0 unspecified atom stereocenters. The Bertz CT molecular complexity index is 785. The van der Waals surface area contributed by atoms with E-state index in [1.54, 1.807) is 31.4 Å². The lowest BCUT2D eigenvalue weighted by atomic mass is 10.2. The number of carbonyl (C=O) groups excluding carboxylic acids is 2. The van der Waals surface area contributed by atoms with Gasteiger partial charge in [0.05, 0.1) is 12.8 Å². The van der Waals surface area contributed by atoms with Gasteiger partial charge in [0.15, 0.2) is 0 Å². The van der Waals surface area contributed by atoms with Crippen LogP contribution in [0, 0.1) is 6.92 Å². The average Bonchev–Trinajstić information content (AvgIpc) is 3.39. The highest BCUT2D eigenvalue weighted by Gasteiger charge is 2.24. The number of carbonyl (C=O) groups is 2. The van der Waals surface area contributed by atoms with E-state index in [9.17, 15) is 9.59 Å². The maximum Gasteiger partial charge on any atom is 0.274 e. The van der Waals surface area contributed by atoms with E-state index in [2.05, 4.69) is 15.6 Å². The molecule has 0 spiro atoms. The number of benzene rings is 1. The molecule has 3 rings (SSSR count). The largest absolute Gasteiger partial charge is 0.495 e. The number of anilines is 1. The first-order valence-corrected chi connectivity index (χ1v) is 7.81. The minimum atomic E-state index is -0.389. The molecule has 0 radical (unpaired) electrons. The van der Waals surface area contributed by atoms with Crippen LogP contribution in [0.5, 0.6) is 5.75 Å². The number of aryl methyl sites for hydroxylation is 1. The molecule has 2 N–H and O–H groups in total. The third kappa shape index (κ3) is 3.71. The number of amides is 2. The third-order valence-electron chi connectivity index (χ3n) is 3.73. The van der Waals surface area contributed by atoms with Crippen molar-refractivity contribution in [2.24, 2.45) is 0 Å². The van der Waals surface area contributed by atoms with Crippen LogP contribution in [0.2, 0.25) is 0 Å². The van der Waals surface area contributed by atoms with Gasteiger partial charge in [-0.15, -0.1) is 0 Å². The van der Waals surface area contributed by atoms with E-state index in [-0.39, 0.29) is 29.2 Å². The maximum absolute atomic E-state index is 12.4. The Kier molecular flexibility index (Phi) is 4.46. The van der Waals surface area contributed by atoms with Crippen LogP contribution in [-0.2, 0) is 0 Å². The Labute approximate surface area is 140 Å². The van der Waals surface area contributed by atoms with Crippen molar-refractivity contribution < 1.29 is 14.3 Å². The number of hydrogen-bond donors (Lipinski definition) is 2. The first kappa shape index (κ1) is 16.0. The van der Waals surface area contributed by atoms with Gasteiger partial charge in [-0.1, -0.05) is 12.1 Å². The van der Waals surface area contributed by atoms with Crippen LogP contribution in [0.4, 0.5) is 5.69 Å². The van der Waals surface area contributed by atoms with Crippen LogP contribution in [0.3, 0.4) is 0 Å². The summed E-state index contributed by atoms with van der Waals surface area (Å²) in [5.74, 6) is -0.0724. The van der Waals surface area contributed by atoms with Crippen molar-refractivity contribution in [3.63, 3.8) is 0 Å². The van der Waals surface area contributed by atoms with Gasteiger partial charge in [0.1, 0.15) is 17.1 Å². The molecular weight excluding hydrogens is 306 g/mol. The van der Waals surface area contributed by atoms with Crippen molar-refractivity contribution in [2.45, 2.75) is 25.8 Å². The molecule has 6 heteroatoms. The molecule has 0 aliphatic heterocycles. The second kappa shape index (κ2) is 6.70. The number of pyridine rings is 1. The van der Waals surface area contributed by atoms with Crippen molar-refractivity contribution in [1.82, 2.24) is 10.3 Å². The molecule has 2 aromatic rings. The summed E-state index contributed by atoms with van der Waals surface area (Å²) in [7, 11) is 1.54. The zero-order chi connectivity index (χ0) is 17.1. The first-order valence-electron chi connectivity index (χ1n) is 7.81. The van der Waals surface area contributed by atoms with Gasteiger partial charge in [-0.3, -0.25) is 9.59 Å². The van der Waals surface area contributed by atoms with E-state index >= 15 is 0 Å². The summed E-state index contributed by atoms with van der Waals surface area (Å²) < 4.78 is 5.25. The van der Waals surface area contributed by atoms with Gasteiger partial charge in [-0.25, -0.2) is 4.98 Å². The fourth-order valence-electron chi connectivity index (χ4n) is 2.28. The Morgan fingerprint density at radius 3 is 2.50 bits per heavy atom. The maximum atomic E-state index is 12.4. The van der Waals surface area contributed by atoms with Crippen LogP contribution in [0.15, 0.2) is 36.4 Å². The van der Waals surface area contributed by atoms with Crippen LogP contribution in [0.25, 0.3) is 0 Å². The molecule has 1 aliphatic carbocycles. The topological polar surface area (TPSA) is 80.3 Å². The van der Waals surface area contributed by atoms with Gasteiger partial charge in [0.25, 0.3) is 11.8 Å². The fraction of sp³-hybridized carbons (Fsp3) is 0.278. The summed E-state index contributed by atoms with van der Waals surface area (Å²) in [4.78, 5) is 28.7. The van der Waals surface area contributed by atoms with Gasteiger partial charge in [0, 0.05) is 6.04 Å². The fourth-order valence-corrected chi connectivity index (χ4v) is 2.28. The molecule has 24 heavy (non-hydrogen) atoms. The van der Waals surface area contributed by atoms with E-state index in [1.807, 2.05) is 19.1 Å². The van der Waals surface area contributed by atoms with E-state index in [0.29, 0.717) is 11.4 Å². The van der Waals surface area contributed by atoms with Crippen molar-refractivity contribution in [1.29, 1.82) is 0 Å². The van der Waals surface area contributed by atoms with Crippen LogP contribution in [0.1, 0.15) is 39.4 Å². The molecule has 1 aromatic heterocycles. The quantitative estimate of drug-likeness (QED) is 0.885. The molecule has 6 nitrogen and oxygen atoms in total. The highest BCUT2D eigenvalue weighted by Crippen LogP contribution is 2.25. The summed E-state index contributed by atoms with van der Waals surface area (Å²) in [6.45, 7) is 1.93. The molecular formula is C18H19N3O3. The Morgan fingerprint density at radius 2 is 1.83 bits per heavy atom. The SMILES string of the molecule is COc1ccc(C)cc1NC(=O)c1cccc(C(=O)NC2CC2)n1. The zero-order valence-electron chi connectivity index (χ0n) is 13.6. The van der Waals surface area contributed by atoms with Crippen LogP contribution >= 0.6 is 0 Å². The van der Waals surface area contributed by atoms with E-state index < -0.39 is 0 Å². The average molecular weight is 325 g/mol. The number of nitrogens with zero attached hydrogens (tertiary/aromatic N) is 1. The Balaban J connectivity index is 1.77. The summed E-state index contributed by atoms with van der Waals surface area (Å²) in [6, 6.07) is 10.6. The number of rotatable bonds is 5. The van der Waals surface area contributed by atoms with Crippen LogP contribution < -0.4 is 15.4 Å². The predicted octanol–water partition coefficient (Wildman–Crippen LogP) is 2.54. The molecule has 0 atom stereocenters. The van der Waals surface area contributed by atoms with Crippen LogP contribution in [-0.4, -0.2) is 29.9 Å². The molecule has 0 bridgehead atoms. The standard InChI is InChI=1S/C18H19N3O3/c1-11-6-9-16(24-2)15(10-11)21-18(23)14-5-3-4-13(20-14)17(22)19-12-7-8-12/h3-6,9-10,12H,7-8H2,1-2H3,(H,19,22)(H,21,23). The predicted molar refractivity (Wildman–Crippen MR) is 90.4 cm³/mol. The number of nitrogens with one attached hydrogen (secondary N) is 2. The van der Waals surface area contributed by atoms with Gasteiger partial charge < -0.3 is 15.4 Å². The molecule has 1 saturated carbocycles. The number of aromatic nitrogens is 1. The lowest BCUT2D eigenvalue weighted by Crippen LogP contribution is -2.27. The second-order valence-corrected chi connectivity index (χ2v) is 5.81. The van der Waals surface area contributed by atoms with Gasteiger partial charge in [0.2, 0.25) is 0 Å². The van der Waals surface area contributed by atoms with Gasteiger partial charge >= 0.3 is 0 Å². The number of hydrogen-bond acceptors (Lipinski definition) is 4. The lowest BCUT2D eigenvalue weighted by Gasteiger charge is -2.11. The summed E-state index contributed by atoms with van der Waals surface area (Å²) >= 11 is 0. The normalized spacial score (nSPS) is 13.2. The molecule has 1 aliphatic rings. The molecule has 0 saturated heterocycles. The van der Waals surface area contributed by atoms with Gasteiger partial charge in [-0.2, -0.15) is 0 Å². The third-order valence-corrected chi connectivity index (χ3v) is 3.73. The van der Waals surface area contributed by atoms with Crippen molar-refractivity contribution in [3.05, 3.63) is 53.3 Å². The molecule has 1 fully saturated rings. The summed E-state index contributed by atoms with van der Waals surface area (Å²) in [5, 5.41) is 5.64. The first-order chi connectivity index (χ1) is 11.6. The Morgan fingerprint density at radius 1 is 1.12 bits per heavy atom. The molecule has 1 heterocycles. The van der Waals surface area contributed by atoms with Crippen molar-refractivity contribution in [2.75, 3.05) is 12.4 Å². The van der Waals surface area contributed by atoms with Gasteiger partial charge in [-0.05, 0) is 49.6 Å². The second-order valence-electron chi connectivity index (χ2n) is 5.81. The molecule has 2 amide bonds.